The molecule has 1 aromatic carbocycles. The molecule has 124 valence electrons. The van der Waals surface area contributed by atoms with Gasteiger partial charge in [-0.3, -0.25) is 9.78 Å². The van der Waals surface area contributed by atoms with Crippen LogP contribution in [0.4, 0.5) is 0 Å². The lowest BCUT2D eigenvalue weighted by atomic mass is 9.94. The minimum atomic E-state index is -1.67. The first-order valence-corrected chi connectivity index (χ1v) is 8.19. The van der Waals surface area contributed by atoms with Crippen LogP contribution in [0.15, 0.2) is 39.8 Å². The number of benzene rings is 1. The lowest BCUT2D eigenvalue weighted by Gasteiger charge is -2.00. The fourth-order valence-electron chi connectivity index (χ4n) is 2.28. The maximum Gasteiger partial charge on any atom is 0.519 e. The average molecular weight is 375 g/mol. The van der Waals surface area contributed by atoms with Gasteiger partial charge in [0.05, 0.1) is 4.88 Å². The minimum Gasteiger partial charge on any atom is -0.422 e. The van der Waals surface area contributed by atoms with Crippen molar-refractivity contribution in [3.8, 4) is 22.2 Å². The Kier molecular flexibility index (Phi) is 3.89. The van der Waals surface area contributed by atoms with E-state index in [0.29, 0.717) is 15.4 Å². The number of rotatable bonds is 3. The maximum absolute atomic E-state index is 12.3. The largest absolute Gasteiger partial charge is 0.519 e. The Balaban J connectivity index is 1.77. The van der Waals surface area contributed by atoms with E-state index >= 15 is 0 Å². The van der Waals surface area contributed by atoms with Crippen molar-refractivity contribution < 1.29 is 14.6 Å². The molecular formula is C14H8BClN4O4S. The molecule has 0 fully saturated rings. The lowest BCUT2D eigenvalue weighted by molar-refractivity contribution is 0.425. The molecule has 0 saturated carbocycles. The molecule has 0 bridgehead atoms. The van der Waals surface area contributed by atoms with E-state index in [1.54, 1.807) is 24.3 Å². The smallest absolute Gasteiger partial charge is 0.422 e. The third-order valence-corrected chi connectivity index (χ3v) is 4.70. The van der Waals surface area contributed by atoms with Gasteiger partial charge in [-0.2, -0.15) is 4.98 Å². The van der Waals surface area contributed by atoms with Gasteiger partial charge in [0.2, 0.25) is 5.82 Å². The Labute approximate surface area is 148 Å². The van der Waals surface area contributed by atoms with Crippen LogP contribution >= 0.6 is 22.9 Å². The number of nitrogens with one attached hydrogen (secondary N) is 1. The van der Waals surface area contributed by atoms with E-state index in [1.165, 1.54) is 6.20 Å². The summed E-state index contributed by atoms with van der Waals surface area (Å²) in [5, 5.41) is 23.3. The van der Waals surface area contributed by atoms with Crippen LogP contribution < -0.4 is 10.5 Å². The number of aromatic nitrogens is 4. The highest BCUT2D eigenvalue weighted by molar-refractivity contribution is 7.24. The highest BCUT2D eigenvalue weighted by Crippen LogP contribution is 2.24. The van der Waals surface area contributed by atoms with Gasteiger partial charge in [-0.05, 0) is 24.3 Å². The van der Waals surface area contributed by atoms with Crippen molar-refractivity contribution in [2.45, 2.75) is 0 Å². The third kappa shape index (κ3) is 2.96. The zero-order valence-corrected chi connectivity index (χ0v) is 13.9. The highest BCUT2D eigenvalue weighted by Gasteiger charge is 2.20. The van der Waals surface area contributed by atoms with E-state index in [4.69, 9.17) is 26.2 Å². The Morgan fingerprint density at radius 2 is 2.12 bits per heavy atom. The second-order valence-electron chi connectivity index (χ2n) is 5.10. The molecule has 0 aliphatic carbocycles. The molecule has 3 heterocycles. The molecule has 3 aromatic heterocycles. The Bertz CT molecular complexity index is 1140. The van der Waals surface area contributed by atoms with Crippen LogP contribution in [0.1, 0.15) is 0 Å². The van der Waals surface area contributed by atoms with Gasteiger partial charge in [0.1, 0.15) is 10.5 Å². The molecule has 0 saturated heterocycles. The number of nitrogens with zero attached hydrogens (tertiary/aromatic N) is 3. The first kappa shape index (κ1) is 16.0. The van der Waals surface area contributed by atoms with Gasteiger partial charge >= 0.3 is 7.12 Å². The van der Waals surface area contributed by atoms with Crippen LogP contribution in [0, 0.1) is 0 Å². The summed E-state index contributed by atoms with van der Waals surface area (Å²) in [7, 11) is -1.67. The topological polar surface area (TPSA) is 125 Å². The van der Waals surface area contributed by atoms with Crippen molar-refractivity contribution in [1.29, 1.82) is 0 Å². The van der Waals surface area contributed by atoms with Crippen molar-refractivity contribution in [1.82, 2.24) is 20.1 Å². The summed E-state index contributed by atoms with van der Waals surface area (Å²) < 4.78 is 5.17. The molecule has 0 amide bonds. The SMILES string of the molecule is O=c1[nH]c2ccc(Cl)cc2cc1-c1nc(-c2cnc(B(O)O)s2)no1. The Hall–Kier alpha value is -2.53. The van der Waals surface area contributed by atoms with Gasteiger partial charge in [0, 0.05) is 22.1 Å². The van der Waals surface area contributed by atoms with Gasteiger partial charge in [-0.15, -0.1) is 11.3 Å². The van der Waals surface area contributed by atoms with Crippen LogP contribution in [0.2, 0.25) is 5.02 Å². The molecule has 0 atom stereocenters. The zero-order valence-electron chi connectivity index (χ0n) is 12.3. The summed E-state index contributed by atoms with van der Waals surface area (Å²) in [6.07, 6.45) is 1.40. The van der Waals surface area contributed by atoms with Crippen LogP contribution in [0.25, 0.3) is 33.1 Å². The first-order chi connectivity index (χ1) is 12.0. The Morgan fingerprint density at radius 1 is 1.28 bits per heavy atom. The Morgan fingerprint density at radius 3 is 2.88 bits per heavy atom. The van der Waals surface area contributed by atoms with E-state index in [0.717, 1.165) is 16.7 Å². The molecular weight excluding hydrogens is 367 g/mol. The normalized spacial score (nSPS) is 11.2. The maximum atomic E-state index is 12.3. The molecule has 25 heavy (non-hydrogen) atoms. The van der Waals surface area contributed by atoms with Crippen molar-refractivity contribution in [3.05, 3.63) is 45.8 Å². The first-order valence-electron chi connectivity index (χ1n) is 7.00. The molecule has 0 aliphatic heterocycles. The third-order valence-electron chi connectivity index (χ3n) is 3.43. The number of hydrogen-bond donors (Lipinski definition) is 3. The number of fused-ring (bicyclic) bond motifs is 1. The molecule has 0 radical (unpaired) electrons. The minimum absolute atomic E-state index is 0.0395. The number of hydrogen-bond acceptors (Lipinski definition) is 8. The van der Waals surface area contributed by atoms with E-state index in [1.807, 2.05) is 0 Å². The van der Waals surface area contributed by atoms with Gasteiger partial charge in [0.25, 0.3) is 11.4 Å². The number of thiazole rings is 1. The number of pyridine rings is 1. The molecule has 0 unspecified atom stereocenters. The second kappa shape index (κ2) is 6.08. The van der Waals surface area contributed by atoms with Crippen molar-refractivity contribution in [3.63, 3.8) is 0 Å². The standard InChI is InChI=1S/C14H8BClN4O4S/c16-7-1-2-9-6(3-7)4-8(12(21)18-9)13-19-11(20-24-13)10-5-17-14(25-10)15(22)23/h1-5,22-23H,(H,18,21). The number of aromatic amines is 1. The summed E-state index contributed by atoms with van der Waals surface area (Å²) in [4.78, 5) is 23.6. The summed E-state index contributed by atoms with van der Waals surface area (Å²) in [5.41, 5.74) is 0.475. The quantitative estimate of drug-likeness (QED) is 0.457. The van der Waals surface area contributed by atoms with Crippen LogP contribution in [-0.2, 0) is 0 Å². The molecule has 0 aliphatic rings. The second-order valence-corrected chi connectivity index (χ2v) is 6.60. The molecule has 4 rings (SSSR count). The van der Waals surface area contributed by atoms with Gasteiger partial charge < -0.3 is 19.6 Å². The summed E-state index contributed by atoms with van der Waals surface area (Å²) >= 11 is 6.99. The zero-order chi connectivity index (χ0) is 17.6. The highest BCUT2D eigenvalue weighted by atomic mass is 35.5. The van der Waals surface area contributed by atoms with Crippen molar-refractivity contribution >= 4 is 45.9 Å². The fraction of sp³-hybridized carbons (Fsp3) is 0. The number of halogens is 1. The molecule has 8 nitrogen and oxygen atoms in total. The molecule has 4 aromatic rings. The van der Waals surface area contributed by atoms with Gasteiger partial charge in [0.15, 0.2) is 0 Å². The summed E-state index contributed by atoms with van der Waals surface area (Å²) in [6, 6.07) is 6.72. The summed E-state index contributed by atoms with van der Waals surface area (Å²) in [5.74, 6) is 0.239. The lowest BCUT2D eigenvalue weighted by Crippen LogP contribution is -2.28. The number of H-pyrrole nitrogens is 1. The monoisotopic (exact) mass is 374 g/mol. The molecule has 0 spiro atoms. The molecule has 11 heteroatoms. The van der Waals surface area contributed by atoms with Gasteiger partial charge in [-0.1, -0.05) is 16.8 Å². The average Bonchev–Trinajstić information content (AvgIpc) is 3.23. The predicted octanol–water partition coefficient (Wildman–Crippen LogP) is 1.03. The van der Waals surface area contributed by atoms with E-state index in [-0.39, 0.29) is 27.7 Å². The fourth-order valence-corrected chi connectivity index (χ4v) is 3.18. The van der Waals surface area contributed by atoms with Gasteiger partial charge in [-0.25, -0.2) is 0 Å². The van der Waals surface area contributed by atoms with E-state index < -0.39 is 7.12 Å². The van der Waals surface area contributed by atoms with Crippen LogP contribution in [0.5, 0.6) is 0 Å². The van der Waals surface area contributed by atoms with E-state index in [2.05, 4.69) is 20.1 Å². The van der Waals surface area contributed by atoms with E-state index in [9.17, 15) is 4.79 Å². The van der Waals surface area contributed by atoms with Crippen LogP contribution in [0.3, 0.4) is 0 Å². The van der Waals surface area contributed by atoms with Crippen molar-refractivity contribution in [2.75, 3.05) is 0 Å². The van der Waals surface area contributed by atoms with Crippen LogP contribution in [-0.4, -0.2) is 37.3 Å². The molecule has 3 N–H and O–H groups in total. The summed E-state index contributed by atoms with van der Waals surface area (Å²) in [6.45, 7) is 0. The predicted molar refractivity (Wildman–Crippen MR) is 93.8 cm³/mol. The van der Waals surface area contributed by atoms with Crippen molar-refractivity contribution in [2.24, 2.45) is 0 Å².